The molecule has 2 heterocycles. The number of hydrogen-bond donors (Lipinski definition) is 1. The van der Waals surface area contributed by atoms with E-state index in [1.54, 1.807) is 10.7 Å². The maximum absolute atomic E-state index is 13.1. The summed E-state index contributed by atoms with van der Waals surface area (Å²) in [6, 6.07) is 8.07. The fraction of sp³-hybridized carbons (Fsp3) is 0.458. The maximum Gasteiger partial charge on any atom is 0.256 e. The monoisotopic (exact) mass is 424 g/mol. The first-order valence-corrected chi connectivity index (χ1v) is 11.1. The van der Waals surface area contributed by atoms with Crippen molar-refractivity contribution in [2.24, 2.45) is 11.8 Å². The molecule has 30 heavy (non-hydrogen) atoms. The van der Waals surface area contributed by atoms with E-state index in [0.29, 0.717) is 23.0 Å². The highest BCUT2D eigenvalue weighted by Crippen LogP contribution is 2.30. The van der Waals surface area contributed by atoms with E-state index in [0.717, 1.165) is 46.8 Å². The third-order valence-electron chi connectivity index (χ3n) is 6.75. The van der Waals surface area contributed by atoms with Crippen LogP contribution in [-0.2, 0) is 6.42 Å². The molecule has 1 N–H and O–H groups in total. The number of benzene rings is 1. The van der Waals surface area contributed by atoms with Gasteiger partial charge in [0.05, 0.1) is 6.20 Å². The standard InChI is InChI=1S/C24H29ClN4O/c1-14-7-5-10-22(15(14)2)28-24(30)21-13-26-29-17(4)20(16(3)27-23(21)29)12-18-8-6-9-19(25)11-18/h6,8-9,11,13-15,22H,5,7,10,12H2,1-4H3,(H,28,30)/t14-,15-,22-/m1/s1. The second kappa shape index (κ2) is 8.38. The van der Waals surface area contributed by atoms with Crippen LogP contribution < -0.4 is 5.32 Å². The molecule has 0 saturated heterocycles. The SMILES string of the molecule is Cc1nc2c(C(=O)N[C@@H]3CCC[C@@H](C)[C@H]3C)cnn2c(C)c1Cc1cccc(Cl)c1. The van der Waals surface area contributed by atoms with E-state index in [-0.39, 0.29) is 11.9 Å². The highest BCUT2D eigenvalue weighted by atomic mass is 35.5. The fourth-order valence-corrected chi connectivity index (χ4v) is 4.82. The fourth-order valence-electron chi connectivity index (χ4n) is 4.61. The molecule has 3 aromatic rings. The zero-order chi connectivity index (χ0) is 21.4. The summed E-state index contributed by atoms with van der Waals surface area (Å²) in [6.45, 7) is 8.53. The molecule has 1 aromatic carbocycles. The summed E-state index contributed by atoms with van der Waals surface area (Å²) in [5, 5.41) is 8.46. The summed E-state index contributed by atoms with van der Waals surface area (Å²) in [5.41, 5.74) is 5.30. The molecule has 0 aliphatic heterocycles. The van der Waals surface area contributed by atoms with Crippen LogP contribution in [0.15, 0.2) is 30.5 Å². The van der Waals surface area contributed by atoms with Crippen molar-refractivity contribution in [3.8, 4) is 0 Å². The molecule has 1 fully saturated rings. The normalized spacial score (nSPS) is 21.7. The van der Waals surface area contributed by atoms with Crippen LogP contribution in [0.1, 0.15) is 66.0 Å². The van der Waals surface area contributed by atoms with Gasteiger partial charge in [-0.1, -0.05) is 50.4 Å². The Bertz CT molecular complexity index is 1090. The van der Waals surface area contributed by atoms with Crippen LogP contribution >= 0.6 is 11.6 Å². The van der Waals surface area contributed by atoms with Gasteiger partial charge >= 0.3 is 0 Å². The van der Waals surface area contributed by atoms with Gasteiger partial charge in [0.1, 0.15) is 5.56 Å². The number of hydrogen-bond acceptors (Lipinski definition) is 3. The predicted molar refractivity (Wildman–Crippen MR) is 120 cm³/mol. The lowest BCUT2D eigenvalue weighted by Gasteiger charge is -2.34. The Morgan fingerprint density at radius 3 is 2.83 bits per heavy atom. The second-order valence-corrected chi connectivity index (χ2v) is 9.15. The average molecular weight is 425 g/mol. The van der Waals surface area contributed by atoms with E-state index in [2.05, 4.69) is 30.3 Å². The van der Waals surface area contributed by atoms with Crippen molar-refractivity contribution >= 4 is 23.2 Å². The van der Waals surface area contributed by atoms with Gasteiger partial charge in [0.2, 0.25) is 0 Å². The highest BCUT2D eigenvalue weighted by molar-refractivity contribution is 6.30. The Morgan fingerprint density at radius 1 is 1.27 bits per heavy atom. The number of aromatic nitrogens is 3. The van der Waals surface area contributed by atoms with Gasteiger partial charge in [-0.25, -0.2) is 9.50 Å². The van der Waals surface area contributed by atoms with Crippen molar-refractivity contribution in [2.75, 3.05) is 0 Å². The summed E-state index contributed by atoms with van der Waals surface area (Å²) in [7, 11) is 0. The quantitative estimate of drug-likeness (QED) is 0.630. The smallest absolute Gasteiger partial charge is 0.256 e. The minimum atomic E-state index is -0.0789. The largest absolute Gasteiger partial charge is 0.349 e. The molecule has 0 radical (unpaired) electrons. The topological polar surface area (TPSA) is 59.3 Å². The molecule has 1 amide bonds. The molecule has 2 aromatic heterocycles. The molecule has 1 saturated carbocycles. The van der Waals surface area contributed by atoms with Gasteiger partial charge in [0.15, 0.2) is 5.65 Å². The van der Waals surface area contributed by atoms with Crippen molar-refractivity contribution < 1.29 is 4.79 Å². The van der Waals surface area contributed by atoms with E-state index in [1.807, 2.05) is 32.0 Å². The molecule has 6 heteroatoms. The van der Waals surface area contributed by atoms with Crippen LogP contribution in [0.3, 0.4) is 0 Å². The number of rotatable bonds is 4. The first-order valence-electron chi connectivity index (χ1n) is 10.7. The molecule has 4 rings (SSSR count). The summed E-state index contributed by atoms with van der Waals surface area (Å²) < 4.78 is 1.79. The third kappa shape index (κ3) is 3.95. The lowest BCUT2D eigenvalue weighted by molar-refractivity contribution is 0.0892. The minimum absolute atomic E-state index is 0.0789. The molecule has 3 atom stereocenters. The Balaban J connectivity index is 1.63. The van der Waals surface area contributed by atoms with Gasteiger partial charge in [0.25, 0.3) is 5.91 Å². The highest BCUT2D eigenvalue weighted by Gasteiger charge is 2.29. The van der Waals surface area contributed by atoms with Crippen LogP contribution in [-0.4, -0.2) is 26.5 Å². The third-order valence-corrected chi connectivity index (χ3v) is 6.98. The first-order chi connectivity index (χ1) is 14.3. The Kier molecular flexibility index (Phi) is 5.83. The second-order valence-electron chi connectivity index (χ2n) is 8.71. The van der Waals surface area contributed by atoms with Crippen molar-refractivity contribution in [3.05, 3.63) is 63.6 Å². The number of fused-ring (bicyclic) bond motifs is 1. The number of carbonyl (C=O) groups excluding carboxylic acids is 1. The summed E-state index contributed by atoms with van der Waals surface area (Å²) >= 11 is 6.15. The molecule has 0 spiro atoms. The van der Waals surface area contributed by atoms with E-state index in [4.69, 9.17) is 16.6 Å². The number of amides is 1. The molecular weight excluding hydrogens is 396 g/mol. The van der Waals surface area contributed by atoms with Crippen molar-refractivity contribution in [2.45, 2.75) is 59.4 Å². The van der Waals surface area contributed by atoms with Crippen LogP contribution in [0.5, 0.6) is 0 Å². The van der Waals surface area contributed by atoms with Crippen molar-refractivity contribution in [3.63, 3.8) is 0 Å². The number of halogens is 1. The summed E-state index contributed by atoms with van der Waals surface area (Å²) in [5.74, 6) is 1.03. The van der Waals surface area contributed by atoms with Gasteiger partial charge in [-0.2, -0.15) is 5.10 Å². The van der Waals surface area contributed by atoms with Gasteiger partial charge in [-0.3, -0.25) is 4.79 Å². The number of carbonyl (C=O) groups is 1. The number of aryl methyl sites for hydroxylation is 2. The summed E-state index contributed by atoms with van der Waals surface area (Å²) in [6.07, 6.45) is 5.80. The van der Waals surface area contributed by atoms with Crippen molar-refractivity contribution in [1.82, 2.24) is 19.9 Å². The number of nitrogens with one attached hydrogen (secondary N) is 1. The zero-order valence-electron chi connectivity index (χ0n) is 18.1. The van der Waals surface area contributed by atoms with Gasteiger partial charge in [-0.15, -0.1) is 0 Å². The van der Waals surface area contributed by atoms with E-state index >= 15 is 0 Å². The Morgan fingerprint density at radius 2 is 2.07 bits per heavy atom. The van der Waals surface area contributed by atoms with Crippen LogP contribution in [0.2, 0.25) is 5.02 Å². The maximum atomic E-state index is 13.1. The van der Waals surface area contributed by atoms with Crippen LogP contribution in [0.25, 0.3) is 5.65 Å². The molecule has 0 unspecified atom stereocenters. The lowest BCUT2D eigenvalue weighted by atomic mass is 9.78. The average Bonchev–Trinajstić information content (AvgIpc) is 3.13. The van der Waals surface area contributed by atoms with Crippen molar-refractivity contribution in [1.29, 1.82) is 0 Å². The Hall–Kier alpha value is -2.40. The summed E-state index contributed by atoms with van der Waals surface area (Å²) in [4.78, 5) is 17.8. The zero-order valence-corrected chi connectivity index (χ0v) is 18.8. The van der Waals surface area contributed by atoms with E-state index in [1.165, 1.54) is 6.42 Å². The van der Waals surface area contributed by atoms with Crippen LogP contribution in [0, 0.1) is 25.7 Å². The van der Waals surface area contributed by atoms with Gasteiger partial charge < -0.3 is 5.32 Å². The minimum Gasteiger partial charge on any atom is -0.349 e. The molecular formula is C24H29ClN4O. The molecule has 0 bridgehead atoms. The van der Waals surface area contributed by atoms with Crippen LogP contribution in [0.4, 0.5) is 0 Å². The Labute approximate surface area is 182 Å². The number of nitrogens with zero attached hydrogens (tertiary/aromatic N) is 3. The van der Waals surface area contributed by atoms with Gasteiger partial charge in [-0.05, 0) is 55.4 Å². The van der Waals surface area contributed by atoms with Gasteiger partial charge in [0, 0.05) is 28.9 Å². The molecule has 1 aliphatic rings. The molecule has 5 nitrogen and oxygen atoms in total. The molecule has 158 valence electrons. The van der Waals surface area contributed by atoms with E-state index in [9.17, 15) is 4.79 Å². The molecule has 1 aliphatic carbocycles. The first kappa shape index (κ1) is 20.9. The predicted octanol–water partition coefficient (Wildman–Crippen LogP) is 5.14. The van der Waals surface area contributed by atoms with E-state index < -0.39 is 0 Å². The lowest BCUT2D eigenvalue weighted by Crippen LogP contribution is -2.43.